The molecule has 0 bridgehead atoms. The van der Waals surface area contributed by atoms with Gasteiger partial charge in [0.2, 0.25) is 17.7 Å². The second kappa shape index (κ2) is 21.1. The van der Waals surface area contributed by atoms with Crippen molar-refractivity contribution in [2.24, 2.45) is 35.3 Å². The molecule has 3 amide bonds. The van der Waals surface area contributed by atoms with Crippen LogP contribution in [-0.4, -0.2) is 118 Å². The monoisotopic (exact) mass is 711 g/mol. The Hall–Kier alpha value is -3.49. The smallest absolute Gasteiger partial charge is 0.237 e. The number of imidazole rings is 1. The number of amides is 3. The number of nitrogens with two attached hydrogens (primary N) is 1. The lowest BCUT2D eigenvalue weighted by Crippen LogP contribution is -2.53. The van der Waals surface area contributed by atoms with Crippen LogP contribution in [0.25, 0.3) is 0 Å². The van der Waals surface area contributed by atoms with Gasteiger partial charge in [0.25, 0.3) is 0 Å². The highest BCUT2D eigenvalue weighted by Gasteiger charge is 2.38. The van der Waals surface area contributed by atoms with E-state index < -0.39 is 59.8 Å². The number of hydrogen-bond donors (Lipinski definition) is 5. The minimum absolute atomic E-state index is 0.0274. The summed E-state index contributed by atoms with van der Waals surface area (Å²) in [6.45, 7) is 12.2. The molecular weight excluding hydrogens is 652 g/mol. The molecule has 1 aromatic carbocycles. The van der Waals surface area contributed by atoms with Crippen molar-refractivity contribution in [3.63, 3.8) is 0 Å². The minimum Gasteiger partial charge on any atom is -0.391 e. The number of H-pyrrole nitrogens is 1. The molecule has 13 heteroatoms. The molecule has 0 spiro atoms. The van der Waals surface area contributed by atoms with Crippen LogP contribution in [0, 0.1) is 29.6 Å². The molecule has 1 radical (unpaired) electrons. The predicted molar refractivity (Wildman–Crippen MR) is 194 cm³/mol. The van der Waals surface area contributed by atoms with Crippen LogP contribution >= 0.6 is 0 Å². The van der Waals surface area contributed by atoms with E-state index in [9.17, 15) is 29.4 Å². The summed E-state index contributed by atoms with van der Waals surface area (Å²) in [5, 5.41) is 25.8. The molecule has 0 saturated carbocycles. The van der Waals surface area contributed by atoms with E-state index in [4.69, 9.17) is 10.5 Å². The van der Waals surface area contributed by atoms with Gasteiger partial charge >= 0.3 is 0 Å². The number of aromatic nitrogens is 2. The molecule has 2 unspecified atom stereocenters. The van der Waals surface area contributed by atoms with Crippen LogP contribution in [-0.2, 0) is 36.8 Å². The predicted octanol–water partition coefficient (Wildman–Crippen LogP) is 1.88. The number of carbonyl (C=O) groups is 3. The molecule has 0 aliphatic carbocycles. The molecule has 1 aliphatic rings. The van der Waals surface area contributed by atoms with E-state index in [0.29, 0.717) is 45.0 Å². The normalized spacial score (nSPS) is 18.0. The van der Waals surface area contributed by atoms with Crippen LogP contribution in [0.3, 0.4) is 0 Å². The summed E-state index contributed by atoms with van der Waals surface area (Å²) >= 11 is 0. The van der Waals surface area contributed by atoms with E-state index in [1.165, 1.54) is 11.2 Å². The fourth-order valence-electron chi connectivity index (χ4n) is 6.51. The Kier molecular flexibility index (Phi) is 17.4. The SMILES string of the molecule is CC(C)C[C@H](NC(=O)[C@@H](N)Cc1c[nH]cn1)[C@@H](O)CC(C(=O)N(C[C@H](C)[C@H](O)CN1CCOCC1)C(=O)C(C[C]=O)Cc1ccccc1)C(C)C. The summed E-state index contributed by atoms with van der Waals surface area (Å²) in [4.78, 5) is 64.1. The third-order valence-electron chi connectivity index (χ3n) is 9.67. The fourth-order valence-corrected chi connectivity index (χ4v) is 6.51. The number of aliphatic hydroxyl groups excluding tert-OH is 2. The Bertz CT molecular complexity index is 1340. The quantitative estimate of drug-likeness (QED) is 0.128. The Morgan fingerprint density at radius 3 is 2.29 bits per heavy atom. The van der Waals surface area contributed by atoms with Crippen molar-refractivity contribution in [3.8, 4) is 0 Å². The summed E-state index contributed by atoms with van der Waals surface area (Å²) in [5.41, 5.74) is 7.67. The van der Waals surface area contributed by atoms with Crippen molar-refractivity contribution in [2.75, 3.05) is 39.4 Å². The zero-order chi connectivity index (χ0) is 37.5. The van der Waals surface area contributed by atoms with Gasteiger partial charge < -0.3 is 31.0 Å². The highest BCUT2D eigenvalue weighted by atomic mass is 16.5. The number of benzene rings is 1. The molecule has 283 valence electrons. The molecule has 1 saturated heterocycles. The molecule has 13 nitrogen and oxygen atoms in total. The van der Waals surface area contributed by atoms with Gasteiger partial charge in [0.05, 0.1) is 49.5 Å². The fraction of sp³-hybridized carbons (Fsp3) is 0.658. The van der Waals surface area contributed by atoms with Gasteiger partial charge in [-0.05, 0) is 36.7 Å². The van der Waals surface area contributed by atoms with Crippen LogP contribution < -0.4 is 11.1 Å². The van der Waals surface area contributed by atoms with Gasteiger partial charge in [0.1, 0.15) is 0 Å². The lowest BCUT2D eigenvalue weighted by Gasteiger charge is -2.36. The van der Waals surface area contributed by atoms with E-state index in [1.807, 2.05) is 64.3 Å². The summed E-state index contributed by atoms with van der Waals surface area (Å²) < 4.78 is 5.43. The van der Waals surface area contributed by atoms with E-state index >= 15 is 0 Å². The minimum atomic E-state index is -1.13. The highest BCUT2D eigenvalue weighted by Crippen LogP contribution is 2.27. The summed E-state index contributed by atoms with van der Waals surface area (Å²) in [7, 11) is 0. The zero-order valence-corrected chi connectivity index (χ0v) is 30.9. The number of aromatic amines is 1. The molecule has 7 atom stereocenters. The largest absolute Gasteiger partial charge is 0.391 e. The first kappa shape index (κ1) is 41.9. The third kappa shape index (κ3) is 13.5. The number of nitrogens with zero attached hydrogens (tertiary/aromatic N) is 3. The number of nitrogens with one attached hydrogen (secondary N) is 2. The van der Waals surface area contributed by atoms with Crippen LogP contribution in [0.5, 0.6) is 0 Å². The number of imide groups is 1. The summed E-state index contributed by atoms with van der Waals surface area (Å²) in [6.07, 6.45) is 3.74. The van der Waals surface area contributed by atoms with Gasteiger partial charge in [-0.15, -0.1) is 0 Å². The number of β-amino-alcohol motifs (C(OH)–C–C–N with tert-alkyl or cyclic N) is 1. The van der Waals surface area contributed by atoms with Crippen molar-refractivity contribution in [2.45, 2.75) is 91.0 Å². The van der Waals surface area contributed by atoms with Gasteiger partial charge in [-0.3, -0.25) is 29.0 Å². The zero-order valence-electron chi connectivity index (χ0n) is 30.9. The van der Waals surface area contributed by atoms with E-state index in [1.54, 1.807) is 13.1 Å². The van der Waals surface area contributed by atoms with E-state index in [-0.39, 0.29) is 44.1 Å². The Labute approximate surface area is 302 Å². The van der Waals surface area contributed by atoms with Gasteiger partial charge in [-0.25, -0.2) is 4.98 Å². The lowest BCUT2D eigenvalue weighted by molar-refractivity contribution is -0.153. The second-order valence-corrected chi connectivity index (χ2v) is 14.7. The number of ether oxygens (including phenoxy) is 1. The van der Waals surface area contributed by atoms with E-state index in [2.05, 4.69) is 20.2 Å². The maximum atomic E-state index is 14.6. The van der Waals surface area contributed by atoms with Crippen LogP contribution in [0.1, 0.15) is 65.1 Å². The van der Waals surface area contributed by atoms with Crippen LogP contribution in [0.2, 0.25) is 0 Å². The molecule has 6 N–H and O–H groups in total. The summed E-state index contributed by atoms with van der Waals surface area (Å²) in [5.74, 6) is -3.79. The first-order valence-electron chi connectivity index (χ1n) is 18.2. The molecule has 1 aliphatic heterocycles. The lowest BCUT2D eigenvalue weighted by atomic mass is 9.84. The van der Waals surface area contributed by atoms with Crippen LogP contribution in [0.4, 0.5) is 0 Å². The second-order valence-electron chi connectivity index (χ2n) is 14.7. The standard InChI is InChI=1S/C38H59N6O7/c1-25(2)17-33(42-36(48)32(39)19-30-21-40-24-41-30)34(46)20-31(26(3)4)38(50)44(22-27(5)35(47)23-43-12-15-51-16-13-43)37(49)29(11-14-45)18-28-9-7-6-8-10-28/h6-10,21,24-27,29,31-35,46-47H,11-13,15-20,22-23,39H2,1-5H3,(H,40,41)(H,42,48)/t27-,29?,31?,32-,33-,34-,35+/m0/s1. The van der Waals surface area contributed by atoms with Gasteiger partial charge in [0.15, 0.2) is 6.29 Å². The van der Waals surface area contributed by atoms with Gasteiger partial charge in [-0.2, -0.15) is 0 Å². The van der Waals surface area contributed by atoms with Crippen molar-refractivity contribution in [3.05, 3.63) is 54.1 Å². The molecule has 1 aromatic heterocycles. The number of aliphatic hydroxyl groups is 2. The Morgan fingerprint density at radius 1 is 1.02 bits per heavy atom. The number of morpholine rings is 1. The molecular formula is C38H59N6O7. The number of carbonyl (C=O) groups excluding carboxylic acids is 4. The molecule has 51 heavy (non-hydrogen) atoms. The molecule has 1 fully saturated rings. The summed E-state index contributed by atoms with van der Waals surface area (Å²) in [6, 6.07) is 7.69. The van der Waals surface area contributed by atoms with E-state index in [0.717, 1.165) is 5.56 Å². The van der Waals surface area contributed by atoms with Crippen molar-refractivity contribution in [1.29, 1.82) is 0 Å². The Morgan fingerprint density at radius 2 is 1.71 bits per heavy atom. The average molecular weight is 712 g/mol. The van der Waals surface area contributed by atoms with Gasteiger partial charge in [0, 0.05) is 63.0 Å². The number of rotatable bonds is 21. The van der Waals surface area contributed by atoms with Gasteiger partial charge in [-0.1, -0.05) is 65.0 Å². The highest BCUT2D eigenvalue weighted by molar-refractivity contribution is 5.98. The third-order valence-corrected chi connectivity index (χ3v) is 9.67. The van der Waals surface area contributed by atoms with Crippen molar-refractivity contribution in [1.82, 2.24) is 25.1 Å². The topological polar surface area (TPSA) is 191 Å². The maximum Gasteiger partial charge on any atom is 0.237 e. The van der Waals surface area contributed by atoms with Crippen molar-refractivity contribution < 1.29 is 34.1 Å². The van der Waals surface area contributed by atoms with Crippen LogP contribution in [0.15, 0.2) is 42.9 Å². The van der Waals surface area contributed by atoms with Crippen molar-refractivity contribution >= 4 is 24.0 Å². The first-order valence-corrected chi connectivity index (χ1v) is 18.2. The molecule has 2 heterocycles. The molecule has 2 aromatic rings. The average Bonchev–Trinajstić information content (AvgIpc) is 3.61. The maximum absolute atomic E-state index is 14.6. The number of hydrogen-bond acceptors (Lipinski definition) is 10. The molecule has 3 rings (SSSR count). The first-order chi connectivity index (χ1) is 24.3. The Balaban J connectivity index is 1.86.